The highest BCUT2D eigenvalue weighted by molar-refractivity contribution is 8.12. The fourth-order valence-corrected chi connectivity index (χ4v) is 6.22. The van der Waals surface area contributed by atoms with Crippen LogP contribution in [0.15, 0.2) is 48.5 Å². The largest absolute Gasteiger partial charge is 0.491 e. The molecule has 2 aliphatic rings. The monoisotopic (exact) mass is 668 g/mol. The van der Waals surface area contributed by atoms with Crippen molar-refractivity contribution in [1.29, 1.82) is 0 Å². The average Bonchev–Trinajstić information content (AvgIpc) is 3.72. The van der Waals surface area contributed by atoms with E-state index in [2.05, 4.69) is 29.3 Å². The van der Waals surface area contributed by atoms with Gasteiger partial charge in [-0.15, -0.1) is 0 Å². The molecule has 11 heteroatoms. The van der Waals surface area contributed by atoms with E-state index in [1.807, 2.05) is 38.1 Å². The maximum Gasteiger partial charge on any atom is 0.364 e. The molecule has 0 aromatic heterocycles. The van der Waals surface area contributed by atoms with Crippen LogP contribution in [0.2, 0.25) is 0 Å². The molecule has 0 spiro atoms. The molecule has 47 heavy (non-hydrogen) atoms. The maximum atomic E-state index is 14.2. The smallest absolute Gasteiger partial charge is 0.364 e. The number of carboxylic acid groups (broad SMARTS) is 1. The summed E-state index contributed by atoms with van der Waals surface area (Å²) in [7, 11) is 0. The molecule has 0 aliphatic carbocycles. The topological polar surface area (TPSA) is 118 Å². The van der Waals surface area contributed by atoms with E-state index < -0.39 is 5.30 Å². The number of fused-ring (bicyclic) bond motifs is 1. The number of likely N-dealkylation sites (tertiary alicyclic amines) is 1. The van der Waals surface area contributed by atoms with Crippen LogP contribution in [0.5, 0.6) is 17.2 Å². The molecule has 1 saturated heterocycles. The number of carbonyl (C=O) groups is 2. The van der Waals surface area contributed by atoms with Crippen LogP contribution >= 0.6 is 11.8 Å². The van der Waals surface area contributed by atoms with Gasteiger partial charge in [0.15, 0.2) is 11.5 Å². The zero-order valence-electron chi connectivity index (χ0n) is 27.5. The summed E-state index contributed by atoms with van der Waals surface area (Å²) in [6, 6.07) is 15.3. The van der Waals surface area contributed by atoms with Crippen molar-refractivity contribution >= 4 is 28.7 Å². The summed E-state index contributed by atoms with van der Waals surface area (Å²) in [5.74, 6) is 2.15. The van der Waals surface area contributed by atoms with Crippen molar-refractivity contribution in [3.8, 4) is 17.2 Å². The van der Waals surface area contributed by atoms with Gasteiger partial charge >= 0.3 is 5.30 Å². The molecule has 0 bridgehead atoms. The molecule has 9 nitrogen and oxygen atoms in total. The van der Waals surface area contributed by atoms with E-state index in [9.17, 15) is 14.0 Å². The third-order valence-electron chi connectivity index (χ3n) is 8.40. The van der Waals surface area contributed by atoms with Gasteiger partial charge in [-0.05, 0) is 108 Å². The van der Waals surface area contributed by atoms with Crippen LogP contribution in [0.3, 0.4) is 0 Å². The van der Waals surface area contributed by atoms with Crippen LogP contribution in [0, 0.1) is 5.82 Å². The zero-order chi connectivity index (χ0) is 33.9. The first-order valence-corrected chi connectivity index (χ1v) is 17.3. The summed E-state index contributed by atoms with van der Waals surface area (Å²) in [6.07, 6.45) is 5.53. The fourth-order valence-electron chi connectivity index (χ4n) is 6.22. The number of amides is 1. The average molecular weight is 669 g/mol. The molecule has 0 saturated carbocycles. The van der Waals surface area contributed by atoms with Crippen LogP contribution in [-0.2, 0) is 24.1 Å². The molecular weight excluding hydrogens is 623 g/mol. The van der Waals surface area contributed by atoms with Crippen LogP contribution < -0.4 is 19.5 Å². The van der Waals surface area contributed by atoms with Gasteiger partial charge in [-0.3, -0.25) is 9.69 Å². The number of nitrogens with zero attached hydrogens (tertiary/aromatic N) is 1. The van der Waals surface area contributed by atoms with Crippen LogP contribution in [-0.4, -0.2) is 65.7 Å². The zero-order valence-corrected chi connectivity index (χ0v) is 28.3. The molecule has 2 atom stereocenters. The first kappa shape index (κ1) is 36.0. The van der Waals surface area contributed by atoms with E-state index in [0.29, 0.717) is 25.1 Å². The van der Waals surface area contributed by atoms with E-state index in [4.69, 9.17) is 24.4 Å². The van der Waals surface area contributed by atoms with E-state index in [-0.39, 0.29) is 50.2 Å². The highest BCUT2D eigenvalue weighted by Crippen LogP contribution is 2.45. The summed E-state index contributed by atoms with van der Waals surface area (Å²) in [6.45, 7) is 7.44. The Bertz CT molecular complexity index is 1490. The van der Waals surface area contributed by atoms with Gasteiger partial charge in [0.05, 0.1) is 13.2 Å². The van der Waals surface area contributed by atoms with Gasteiger partial charge in [-0.1, -0.05) is 45.4 Å². The fraction of sp³-hybridized carbons (Fsp3) is 0.444. The number of halogens is 1. The van der Waals surface area contributed by atoms with Crippen molar-refractivity contribution < 1.29 is 38.4 Å². The number of carbonyl (C=O) groups excluding carboxylic acids is 1. The summed E-state index contributed by atoms with van der Waals surface area (Å²) in [4.78, 5) is 25.1. The molecule has 3 aromatic carbocycles. The van der Waals surface area contributed by atoms with E-state index in [1.54, 1.807) is 0 Å². The first-order valence-electron chi connectivity index (χ1n) is 16.1. The third-order valence-corrected chi connectivity index (χ3v) is 8.75. The highest BCUT2D eigenvalue weighted by Gasteiger charge is 2.36. The lowest BCUT2D eigenvalue weighted by molar-refractivity contribution is -0.117. The number of benzene rings is 3. The molecule has 254 valence electrons. The number of rotatable bonds is 12. The number of anilines is 1. The Morgan fingerprint density at radius 3 is 2.30 bits per heavy atom. The predicted molar refractivity (Wildman–Crippen MR) is 183 cm³/mol. The Morgan fingerprint density at radius 1 is 1.02 bits per heavy atom. The van der Waals surface area contributed by atoms with Crippen molar-refractivity contribution in [1.82, 2.24) is 4.90 Å². The van der Waals surface area contributed by atoms with Gasteiger partial charge in [0.2, 0.25) is 12.7 Å². The van der Waals surface area contributed by atoms with Gasteiger partial charge in [-0.2, -0.15) is 0 Å². The molecule has 5 rings (SSSR count). The molecular formula is C36H45FN2O7S. The summed E-state index contributed by atoms with van der Waals surface area (Å²) in [5, 5.41) is 19.1. The summed E-state index contributed by atoms with van der Waals surface area (Å²) >= 11 is 0.796. The second-order valence-electron chi connectivity index (χ2n) is 11.5. The molecule has 3 aromatic rings. The van der Waals surface area contributed by atoms with Crippen molar-refractivity contribution in [3.05, 3.63) is 82.2 Å². The molecule has 3 N–H and O–H groups in total. The Balaban J connectivity index is 0.000000930. The Labute approximate surface area is 280 Å². The molecule has 2 heterocycles. The van der Waals surface area contributed by atoms with Crippen molar-refractivity contribution in [2.45, 2.75) is 64.8 Å². The van der Waals surface area contributed by atoms with Gasteiger partial charge in [0, 0.05) is 18.3 Å². The molecule has 1 amide bonds. The van der Waals surface area contributed by atoms with Gasteiger partial charge in [0.25, 0.3) is 0 Å². The molecule has 2 aliphatic heterocycles. The summed E-state index contributed by atoms with van der Waals surface area (Å²) < 4.78 is 31.3. The minimum Gasteiger partial charge on any atom is -0.491 e. The lowest BCUT2D eigenvalue weighted by Gasteiger charge is -2.25. The Kier molecular flexibility index (Phi) is 13.3. The second kappa shape index (κ2) is 17.4. The highest BCUT2D eigenvalue weighted by atomic mass is 32.2. The van der Waals surface area contributed by atoms with Crippen LogP contribution in [0.4, 0.5) is 14.9 Å². The number of nitrogens with one attached hydrogen (secondary N) is 1. The molecule has 0 radical (unpaired) electrons. The SMILES string of the molecule is CCCc1cc([C@@H]2C[C@H](c3ccc(OCCO)cc3)N(CC(=O)Nc3c(CC)cc(F)cc3CC)C2)cc2c1OCO2.CSC(=O)O. The van der Waals surface area contributed by atoms with Crippen LogP contribution in [0.25, 0.3) is 0 Å². The number of aryl methyl sites for hydroxylation is 3. The standard InChI is InChI=1S/C34H41FN2O5.C2H4O2S/c1-4-7-25-14-26(18-31-34(25)42-21-41-31)27-17-30(24-8-10-29(11-9-24)40-13-12-38)37(19-27)20-32(39)36-33-22(5-2)15-28(35)16-23(33)6-3;1-5-2(3)4/h8-11,14-16,18,27,30,38H,4-7,12-13,17,19-21H2,1-3H3,(H,36,39);1H3,(H,3,4)/t27-,30-;/m1./s1. The first-order chi connectivity index (χ1) is 22.7. The quantitative estimate of drug-likeness (QED) is 0.184. The van der Waals surface area contributed by atoms with Gasteiger partial charge in [0.1, 0.15) is 18.2 Å². The van der Waals surface area contributed by atoms with E-state index in [1.165, 1.54) is 24.0 Å². The minimum absolute atomic E-state index is 0.0113. The number of thioether (sulfide) groups is 1. The normalized spacial score (nSPS) is 16.8. The van der Waals surface area contributed by atoms with Crippen LogP contribution in [0.1, 0.15) is 73.4 Å². The molecule has 0 unspecified atom stereocenters. The lowest BCUT2D eigenvalue weighted by Crippen LogP contribution is -2.33. The third kappa shape index (κ3) is 9.39. The Morgan fingerprint density at radius 2 is 1.70 bits per heavy atom. The van der Waals surface area contributed by atoms with Crippen molar-refractivity contribution in [2.24, 2.45) is 0 Å². The minimum atomic E-state index is -0.829. The number of hydrogen-bond donors (Lipinski definition) is 3. The van der Waals surface area contributed by atoms with E-state index >= 15 is 0 Å². The predicted octanol–water partition coefficient (Wildman–Crippen LogP) is 7.20. The summed E-state index contributed by atoms with van der Waals surface area (Å²) in [5.41, 5.74) is 5.79. The van der Waals surface area contributed by atoms with Gasteiger partial charge < -0.3 is 29.7 Å². The van der Waals surface area contributed by atoms with E-state index in [0.717, 1.165) is 70.5 Å². The second-order valence-corrected chi connectivity index (χ2v) is 12.3. The van der Waals surface area contributed by atoms with Crippen molar-refractivity contribution in [3.63, 3.8) is 0 Å². The van der Waals surface area contributed by atoms with Gasteiger partial charge in [-0.25, -0.2) is 9.18 Å². The van der Waals surface area contributed by atoms with Crippen molar-refractivity contribution in [2.75, 3.05) is 44.7 Å². The number of aliphatic hydroxyl groups excluding tert-OH is 1. The number of aliphatic hydroxyl groups is 1. The maximum absolute atomic E-state index is 14.2. The number of ether oxygens (including phenoxy) is 3. The lowest BCUT2D eigenvalue weighted by atomic mass is 9.91. The Hall–Kier alpha value is -3.80. The molecule has 1 fully saturated rings. The number of hydrogen-bond acceptors (Lipinski definition) is 8.